The van der Waals surface area contributed by atoms with E-state index in [-0.39, 0.29) is 110 Å². The molecule has 80 heavy (non-hydrogen) atoms. The van der Waals surface area contributed by atoms with Gasteiger partial charge in [-0.3, -0.25) is 33.7 Å². The normalized spacial score (nSPS) is 46.0. The zero-order chi connectivity index (χ0) is 58.2. The maximum absolute atomic E-state index is 13.6. The number of aliphatic hydroxyl groups excluding tert-OH is 4. The molecule has 9 aliphatic rings. The summed E-state index contributed by atoms with van der Waals surface area (Å²) in [5.74, 6) is -0.933. The Bertz CT molecular complexity index is 2560. The fraction of sp³-hybridized carbons (Fsp3) is 0.750. The molecule has 0 radical (unpaired) electrons. The molecule has 4 bridgehead atoms. The minimum atomic E-state index is -0.791. The van der Waals surface area contributed by atoms with Gasteiger partial charge in [0.1, 0.15) is 23.8 Å². The lowest BCUT2D eigenvalue weighted by Crippen LogP contribution is -2.63. The van der Waals surface area contributed by atoms with E-state index in [2.05, 4.69) is 54.7 Å². The number of imide groups is 1. The van der Waals surface area contributed by atoms with Gasteiger partial charge in [0.05, 0.1) is 47.0 Å². The highest BCUT2D eigenvalue weighted by Gasteiger charge is 2.70. The van der Waals surface area contributed by atoms with E-state index in [1.807, 2.05) is 19.9 Å². The zero-order valence-electron chi connectivity index (χ0n) is 48.7. The number of nitrogens with two attached hydrogens (primary N) is 1. The fourth-order valence-corrected chi connectivity index (χ4v) is 20.3. The molecule has 8 aliphatic carbocycles. The number of benzene rings is 1. The van der Waals surface area contributed by atoms with Crippen molar-refractivity contribution >= 4 is 58.8 Å². The van der Waals surface area contributed by atoms with Crippen molar-refractivity contribution in [2.75, 3.05) is 11.5 Å². The average molecular weight is 1150 g/mol. The van der Waals surface area contributed by atoms with Crippen LogP contribution in [0.4, 0.5) is 0 Å². The van der Waals surface area contributed by atoms with Crippen LogP contribution in [0.1, 0.15) is 179 Å². The Morgan fingerprint density at radius 2 is 1.05 bits per heavy atom. The molecule has 1 aliphatic heterocycles. The van der Waals surface area contributed by atoms with Crippen molar-refractivity contribution in [2.45, 2.75) is 217 Å². The van der Waals surface area contributed by atoms with Crippen molar-refractivity contribution in [1.82, 2.24) is 4.90 Å². The second kappa shape index (κ2) is 22.9. The molecule has 0 aromatic heterocycles. The van der Waals surface area contributed by atoms with Crippen molar-refractivity contribution < 1.29 is 58.7 Å². The summed E-state index contributed by atoms with van der Waals surface area (Å²) < 4.78 is 12.7. The lowest BCUT2D eigenvalue weighted by molar-refractivity contribution is -0.205. The van der Waals surface area contributed by atoms with Gasteiger partial charge in [-0.2, -0.15) is 0 Å². The fourth-order valence-electron chi connectivity index (χ4n) is 18.1. The Balaban J connectivity index is 0.000000200. The van der Waals surface area contributed by atoms with Crippen LogP contribution in [-0.4, -0.2) is 131 Å². The molecule has 8 saturated carbocycles. The summed E-state index contributed by atoms with van der Waals surface area (Å²) in [4.78, 5) is 81.1. The summed E-state index contributed by atoms with van der Waals surface area (Å²) >= 11 is 2.79. The molecule has 2 unspecified atom stereocenters. The van der Waals surface area contributed by atoms with Gasteiger partial charge in [-0.1, -0.05) is 79.7 Å². The molecule has 6 N–H and O–H groups in total. The monoisotopic (exact) mass is 1140 g/mol. The van der Waals surface area contributed by atoms with E-state index >= 15 is 0 Å². The molecular formula is C64H92N2O12S2. The van der Waals surface area contributed by atoms with E-state index in [0.717, 1.165) is 51.4 Å². The number of esters is 2. The van der Waals surface area contributed by atoms with Crippen molar-refractivity contribution in [2.24, 2.45) is 73.7 Å². The minimum Gasteiger partial charge on any atom is -0.461 e. The largest absolute Gasteiger partial charge is 0.461 e. The van der Waals surface area contributed by atoms with Gasteiger partial charge in [0.15, 0.2) is 0 Å². The molecular weight excluding hydrogens is 1050 g/mol. The number of carbonyl (C=O) groups is 6. The Morgan fingerprint density at radius 3 is 1.45 bits per heavy atom. The number of carbonyl (C=O) groups excluding carboxylic acids is 6. The molecule has 8 fully saturated rings. The summed E-state index contributed by atoms with van der Waals surface area (Å²) in [7, 11) is 0. The molecule has 1 aromatic rings. The molecule has 442 valence electrons. The smallest absolute Gasteiger partial charge is 0.316 e. The maximum Gasteiger partial charge on any atom is 0.316 e. The third-order valence-electron chi connectivity index (χ3n) is 23.7. The number of Topliss-reactive ketones (excluding diaryl/α,β-unsaturated/α-hetero) is 2. The number of hydrogen-bond donors (Lipinski definition) is 5. The van der Waals surface area contributed by atoms with Crippen LogP contribution in [0.15, 0.2) is 49.6 Å². The highest BCUT2D eigenvalue weighted by molar-refractivity contribution is 8.00. The van der Waals surface area contributed by atoms with Gasteiger partial charge in [0.2, 0.25) is 0 Å². The number of ether oxygens (including phenoxy) is 2. The van der Waals surface area contributed by atoms with Crippen LogP contribution >= 0.6 is 23.5 Å². The van der Waals surface area contributed by atoms with Crippen LogP contribution in [0.25, 0.3) is 0 Å². The number of ketones is 2. The lowest BCUT2D eigenvalue weighted by atomic mass is 9.44. The molecule has 0 spiro atoms. The highest BCUT2D eigenvalue weighted by Crippen LogP contribution is 2.70. The number of aliphatic hydroxyl groups is 4. The first-order chi connectivity index (χ1) is 37.7. The van der Waals surface area contributed by atoms with E-state index < -0.39 is 70.3 Å². The summed E-state index contributed by atoms with van der Waals surface area (Å²) in [5.41, 5.74) is 3.77. The van der Waals surface area contributed by atoms with E-state index in [1.165, 1.54) is 28.4 Å². The van der Waals surface area contributed by atoms with Crippen molar-refractivity contribution in [1.29, 1.82) is 0 Å². The molecule has 22 atom stereocenters. The highest BCUT2D eigenvalue weighted by atomic mass is 32.2. The third-order valence-corrected chi connectivity index (χ3v) is 26.5. The van der Waals surface area contributed by atoms with E-state index in [9.17, 15) is 49.2 Å². The van der Waals surface area contributed by atoms with Crippen LogP contribution < -0.4 is 5.73 Å². The Hall–Kier alpha value is -3.38. The topological polar surface area (TPSA) is 231 Å². The van der Waals surface area contributed by atoms with Crippen LogP contribution in [-0.2, 0) is 28.7 Å². The molecule has 10 rings (SSSR count). The van der Waals surface area contributed by atoms with E-state index in [4.69, 9.17) is 15.2 Å². The van der Waals surface area contributed by atoms with Crippen molar-refractivity contribution in [3.63, 3.8) is 0 Å². The first-order valence-corrected chi connectivity index (χ1v) is 32.2. The first-order valence-electron chi connectivity index (χ1n) is 30.1. The van der Waals surface area contributed by atoms with Crippen LogP contribution in [0.3, 0.4) is 0 Å². The van der Waals surface area contributed by atoms with Gasteiger partial charge in [0, 0.05) is 68.9 Å². The molecule has 2 amide bonds. The number of hydrogen-bond acceptors (Lipinski definition) is 15. The lowest BCUT2D eigenvalue weighted by Gasteiger charge is -2.61. The maximum atomic E-state index is 13.6. The summed E-state index contributed by atoms with van der Waals surface area (Å²) in [6.45, 7) is 25.0. The first kappa shape index (κ1) is 61.2. The van der Waals surface area contributed by atoms with Crippen molar-refractivity contribution in [3.05, 3.63) is 60.7 Å². The van der Waals surface area contributed by atoms with Gasteiger partial charge in [0.25, 0.3) is 11.8 Å². The molecule has 1 aromatic carbocycles. The number of fused-ring (bicyclic) bond motifs is 1. The zero-order valence-corrected chi connectivity index (χ0v) is 50.4. The average Bonchev–Trinajstić information content (AvgIpc) is 3.50. The van der Waals surface area contributed by atoms with Crippen LogP contribution in [0.5, 0.6) is 0 Å². The van der Waals surface area contributed by atoms with Gasteiger partial charge in [-0.15, -0.1) is 36.7 Å². The molecule has 14 nitrogen and oxygen atoms in total. The number of thioether (sulfide) groups is 2. The summed E-state index contributed by atoms with van der Waals surface area (Å²) in [5, 5.41) is 44.5. The van der Waals surface area contributed by atoms with Gasteiger partial charge >= 0.3 is 11.9 Å². The van der Waals surface area contributed by atoms with Gasteiger partial charge in [-0.05, 0) is 137 Å². The number of rotatable bonds is 11. The second-order valence-corrected chi connectivity index (χ2v) is 30.0. The third kappa shape index (κ3) is 10.1. The Morgan fingerprint density at radius 1 is 0.637 bits per heavy atom. The van der Waals surface area contributed by atoms with E-state index in [0.29, 0.717) is 56.1 Å². The summed E-state index contributed by atoms with van der Waals surface area (Å²) in [6, 6.07) is 6.42. The quantitative estimate of drug-likeness (QED) is 0.0790. The van der Waals surface area contributed by atoms with Crippen molar-refractivity contribution in [3.8, 4) is 0 Å². The standard InChI is InChI=1S/C36H47NO7S.C28H45NO5S/c1-6-34(4)18-28(35(5)20(2)13-15-36(21(3)31(34)41)16-14-25(38)30(35)36)44-29(40)19-45-27-12-11-22(17-26(27)39)37-32(42)23-9-7-8-10-24(23)33(37)43;1-6-26(4)14-22(34-23(32)15-35-21-8-7-18(29)13-20(21)31)27(5)16(2)9-11-28(17(3)25(26)33)12-10-19(30)24(27)28/h6-10,20-22,26-28,30-31,39,41H,1,11-19H2,2-5H3;6,16-18,20-22,24-25,31,33H,1,7-15,29H2,2-5H3/t20?,21-,22+,26+,27+,28+,30-,31-,34+,35-,36-;16?,17-,18+,20+,21+,22+,24-,25-,26+,27-,28-/m00/s1. The SMILES string of the molecule is C=C[C@]1(C)C[C@@H](OC(=O)CS[C@@H]2CC[C@@H](N)C[C@H]2O)[C@]2(C)C(C)CC[C@]3(CCC(=O)[C@H]32)[C@@H](C)[C@@H]1O.C=C[C@]1(C)C[C@@H](OC(=O)CS[C@@H]2CC[C@@H](N3C(=O)c4ccccc4C3=O)C[C@H]2O)[C@]2(C)C(C)CC[C@]3(CCC(=O)[C@H]32)[C@@H](C)[C@@H]1O. The Kier molecular flexibility index (Phi) is 17.5. The summed E-state index contributed by atoms with van der Waals surface area (Å²) in [6.07, 6.45) is 10.5. The molecule has 0 saturated heterocycles. The minimum absolute atomic E-state index is 0.0194. The van der Waals surface area contributed by atoms with E-state index in [1.54, 1.807) is 30.3 Å². The van der Waals surface area contributed by atoms with Gasteiger partial charge < -0.3 is 35.6 Å². The predicted octanol–water partition coefficient (Wildman–Crippen LogP) is 9.07. The van der Waals surface area contributed by atoms with Gasteiger partial charge in [-0.25, -0.2) is 0 Å². The van der Waals surface area contributed by atoms with Crippen LogP contribution in [0.2, 0.25) is 0 Å². The number of amides is 2. The Labute approximate surface area is 483 Å². The molecule has 16 heteroatoms. The molecule has 1 heterocycles. The number of nitrogens with zero attached hydrogens (tertiary/aromatic N) is 1. The van der Waals surface area contributed by atoms with Crippen LogP contribution in [0, 0.1) is 68.0 Å². The predicted molar refractivity (Wildman–Crippen MR) is 310 cm³/mol. The second-order valence-electron chi connectivity index (χ2n) is 27.5.